The van der Waals surface area contributed by atoms with Crippen LogP contribution < -0.4 is 4.18 Å². The normalized spacial score (nSPS) is 11.4. The molecular formula is C20H12ClFN2O3S2. The standard InChI is InChI=1S/C20H12ClFN2O3S2/c21-16-4-1-5-18(19(16)22)29(25,26)27-15-8-6-13(7-9-15)17-12-24-20(28-17)14-3-2-10-23-11-14/h1-12H. The quantitative estimate of drug-likeness (QED) is 0.382. The summed E-state index contributed by atoms with van der Waals surface area (Å²) >= 11 is 7.14. The van der Waals surface area contributed by atoms with Crippen LogP contribution in [0, 0.1) is 5.82 Å². The molecule has 2 aromatic carbocycles. The Morgan fingerprint density at radius 2 is 1.76 bits per heavy atom. The van der Waals surface area contributed by atoms with Gasteiger partial charge in [-0.3, -0.25) is 4.98 Å². The summed E-state index contributed by atoms with van der Waals surface area (Å²) in [5.41, 5.74) is 1.76. The number of nitrogens with zero attached hydrogens (tertiary/aromatic N) is 2. The number of halogens is 2. The van der Waals surface area contributed by atoms with Crippen molar-refractivity contribution < 1.29 is 17.0 Å². The van der Waals surface area contributed by atoms with Crippen LogP contribution in [0.15, 0.2) is 78.1 Å². The minimum atomic E-state index is -4.35. The van der Waals surface area contributed by atoms with Crippen molar-refractivity contribution in [3.8, 4) is 26.8 Å². The summed E-state index contributed by atoms with van der Waals surface area (Å²) in [4.78, 5) is 8.77. The lowest BCUT2D eigenvalue weighted by molar-refractivity contribution is 0.476. The first-order chi connectivity index (χ1) is 13.9. The average Bonchev–Trinajstić information content (AvgIpc) is 3.21. The van der Waals surface area contributed by atoms with Crippen molar-refractivity contribution in [2.45, 2.75) is 4.90 Å². The first-order valence-electron chi connectivity index (χ1n) is 8.29. The summed E-state index contributed by atoms with van der Waals surface area (Å²) in [7, 11) is -4.35. The highest BCUT2D eigenvalue weighted by Crippen LogP contribution is 2.33. The molecular weight excluding hydrogens is 435 g/mol. The Balaban J connectivity index is 1.56. The fraction of sp³-hybridized carbons (Fsp3) is 0. The van der Waals surface area contributed by atoms with E-state index in [1.807, 2.05) is 12.1 Å². The molecule has 0 aliphatic heterocycles. The van der Waals surface area contributed by atoms with Crippen molar-refractivity contribution in [3.63, 3.8) is 0 Å². The van der Waals surface area contributed by atoms with Crippen LogP contribution in [0.25, 0.3) is 21.0 Å². The van der Waals surface area contributed by atoms with E-state index in [0.29, 0.717) is 0 Å². The van der Waals surface area contributed by atoms with Crippen LogP contribution in [0.4, 0.5) is 4.39 Å². The smallest absolute Gasteiger partial charge is 0.342 e. The van der Waals surface area contributed by atoms with Crippen LogP contribution >= 0.6 is 22.9 Å². The van der Waals surface area contributed by atoms with Gasteiger partial charge in [-0.15, -0.1) is 11.3 Å². The highest BCUT2D eigenvalue weighted by molar-refractivity contribution is 7.87. The number of aromatic nitrogens is 2. The third-order valence-electron chi connectivity index (χ3n) is 3.94. The van der Waals surface area contributed by atoms with Crippen LogP contribution in [-0.2, 0) is 10.1 Å². The highest BCUT2D eigenvalue weighted by atomic mass is 35.5. The maximum absolute atomic E-state index is 14.0. The van der Waals surface area contributed by atoms with E-state index in [1.165, 1.54) is 35.6 Å². The van der Waals surface area contributed by atoms with Crippen molar-refractivity contribution in [1.29, 1.82) is 0 Å². The van der Waals surface area contributed by atoms with E-state index in [-0.39, 0.29) is 10.8 Å². The fourth-order valence-electron chi connectivity index (χ4n) is 2.55. The van der Waals surface area contributed by atoms with E-state index < -0.39 is 20.8 Å². The molecule has 0 N–H and O–H groups in total. The number of hydrogen-bond acceptors (Lipinski definition) is 6. The van der Waals surface area contributed by atoms with E-state index in [1.54, 1.807) is 30.7 Å². The first-order valence-corrected chi connectivity index (χ1v) is 10.9. The number of thiazole rings is 1. The van der Waals surface area contributed by atoms with Gasteiger partial charge in [-0.1, -0.05) is 17.7 Å². The molecule has 4 rings (SSSR count). The number of pyridine rings is 1. The van der Waals surface area contributed by atoms with E-state index in [4.69, 9.17) is 15.8 Å². The minimum Gasteiger partial charge on any atom is -0.379 e. The molecule has 4 aromatic rings. The zero-order valence-electron chi connectivity index (χ0n) is 14.6. The van der Waals surface area contributed by atoms with Crippen LogP contribution in [0.3, 0.4) is 0 Å². The Hall–Kier alpha value is -2.81. The molecule has 0 bridgehead atoms. The molecule has 2 aromatic heterocycles. The van der Waals surface area contributed by atoms with Gasteiger partial charge in [0.05, 0.1) is 9.90 Å². The van der Waals surface area contributed by atoms with Gasteiger partial charge >= 0.3 is 10.1 Å². The summed E-state index contributed by atoms with van der Waals surface area (Å²) in [5.74, 6) is -0.983. The summed E-state index contributed by atoms with van der Waals surface area (Å²) in [6.45, 7) is 0. The molecule has 0 radical (unpaired) electrons. The van der Waals surface area contributed by atoms with Gasteiger partial charge < -0.3 is 4.18 Å². The molecule has 0 aliphatic carbocycles. The Kier molecular flexibility index (Phi) is 5.31. The molecule has 0 atom stereocenters. The van der Waals surface area contributed by atoms with Crippen molar-refractivity contribution in [1.82, 2.24) is 9.97 Å². The SMILES string of the molecule is O=S(=O)(Oc1ccc(-c2cnc(-c3cccnc3)s2)cc1)c1cccc(Cl)c1F. The molecule has 9 heteroatoms. The average molecular weight is 447 g/mol. The van der Waals surface area contributed by atoms with Crippen LogP contribution in [-0.4, -0.2) is 18.4 Å². The second kappa shape index (κ2) is 7.90. The van der Waals surface area contributed by atoms with Gasteiger partial charge in [0.1, 0.15) is 15.7 Å². The molecule has 0 spiro atoms. The molecule has 2 heterocycles. The predicted octanol–water partition coefficient (Wildman–Crippen LogP) is 5.43. The Morgan fingerprint density at radius 1 is 0.966 bits per heavy atom. The van der Waals surface area contributed by atoms with Gasteiger partial charge in [0.25, 0.3) is 0 Å². The van der Waals surface area contributed by atoms with E-state index in [2.05, 4.69) is 9.97 Å². The zero-order valence-corrected chi connectivity index (χ0v) is 17.0. The summed E-state index contributed by atoms with van der Waals surface area (Å²) < 4.78 is 43.8. The first kappa shape index (κ1) is 19.5. The fourth-order valence-corrected chi connectivity index (χ4v) is 4.72. The molecule has 146 valence electrons. The lowest BCUT2D eigenvalue weighted by Crippen LogP contribution is -2.11. The second-order valence-electron chi connectivity index (χ2n) is 5.89. The van der Waals surface area contributed by atoms with Crippen molar-refractivity contribution in [2.24, 2.45) is 0 Å². The minimum absolute atomic E-state index is 0.0603. The third kappa shape index (κ3) is 4.14. The number of benzene rings is 2. The Labute approximate surface area is 175 Å². The molecule has 0 unspecified atom stereocenters. The maximum atomic E-state index is 14.0. The van der Waals surface area contributed by atoms with Gasteiger partial charge in [-0.2, -0.15) is 8.42 Å². The van der Waals surface area contributed by atoms with Crippen LogP contribution in [0.5, 0.6) is 5.75 Å². The van der Waals surface area contributed by atoms with Crippen molar-refractivity contribution in [2.75, 3.05) is 0 Å². The predicted molar refractivity (Wildman–Crippen MR) is 110 cm³/mol. The van der Waals surface area contributed by atoms with Gasteiger partial charge in [0, 0.05) is 24.2 Å². The monoisotopic (exact) mass is 446 g/mol. The van der Waals surface area contributed by atoms with Crippen molar-refractivity contribution in [3.05, 3.63) is 84.0 Å². The highest BCUT2D eigenvalue weighted by Gasteiger charge is 2.23. The van der Waals surface area contributed by atoms with E-state index in [9.17, 15) is 12.8 Å². The molecule has 0 aliphatic rings. The molecule has 5 nitrogen and oxygen atoms in total. The molecule has 0 saturated heterocycles. The lowest BCUT2D eigenvalue weighted by Gasteiger charge is -2.09. The summed E-state index contributed by atoms with van der Waals surface area (Å²) in [6, 6.07) is 13.9. The number of hydrogen-bond donors (Lipinski definition) is 0. The lowest BCUT2D eigenvalue weighted by atomic mass is 10.2. The Morgan fingerprint density at radius 3 is 2.48 bits per heavy atom. The van der Waals surface area contributed by atoms with Gasteiger partial charge in [-0.05, 0) is 54.1 Å². The Bertz CT molecular complexity index is 1260. The van der Waals surface area contributed by atoms with Gasteiger partial charge in [0.2, 0.25) is 0 Å². The van der Waals surface area contributed by atoms with E-state index >= 15 is 0 Å². The van der Waals surface area contributed by atoms with Crippen LogP contribution in [0.2, 0.25) is 5.02 Å². The number of rotatable bonds is 5. The largest absolute Gasteiger partial charge is 0.379 e. The second-order valence-corrected chi connectivity index (χ2v) is 8.84. The van der Waals surface area contributed by atoms with Crippen LogP contribution in [0.1, 0.15) is 0 Å². The topological polar surface area (TPSA) is 69.2 Å². The molecule has 29 heavy (non-hydrogen) atoms. The third-order valence-corrected chi connectivity index (χ3v) is 6.60. The molecule has 0 fully saturated rings. The maximum Gasteiger partial charge on any atom is 0.342 e. The van der Waals surface area contributed by atoms with Gasteiger partial charge in [-0.25, -0.2) is 9.37 Å². The zero-order chi connectivity index (χ0) is 20.4. The molecule has 0 amide bonds. The summed E-state index contributed by atoms with van der Waals surface area (Å²) in [5, 5.41) is 0.534. The van der Waals surface area contributed by atoms with Crippen molar-refractivity contribution >= 4 is 33.1 Å². The summed E-state index contributed by atoms with van der Waals surface area (Å²) in [6.07, 6.45) is 5.17. The molecule has 0 saturated carbocycles. The van der Waals surface area contributed by atoms with Gasteiger partial charge in [0.15, 0.2) is 5.82 Å². The van der Waals surface area contributed by atoms with E-state index in [0.717, 1.165) is 27.1 Å².